The summed E-state index contributed by atoms with van der Waals surface area (Å²) in [7, 11) is 0. The minimum absolute atomic E-state index is 0.232. The number of halogens is 1. The van der Waals surface area contributed by atoms with Gasteiger partial charge in [-0.2, -0.15) is 0 Å². The molecule has 1 aromatic carbocycles. The van der Waals surface area contributed by atoms with Crippen LogP contribution in [0.5, 0.6) is 0 Å². The van der Waals surface area contributed by atoms with Crippen molar-refractivity contribution in [1.82, 2.24) is 0 Å². The minimum Gasteiger partial charge on any atom is -0.265 e. The highest BCUT2D eigenvalue weighted by atomic mass is 32.2. The normalized spacial score (nSPS) is 15.5. The first-order chi connectivity index (χ1) is 12.6. The van der Waals surface area contributed by atoms with Crippen molar-refractivity contribution >= 4 is 28.7 Å². The minimum atomic E-state index is -0.232. The molecule has 0 aliphatic carbocycles. The van der Waals surface area contributed by atoms with E-state index in [-0.39, 0.29) is 5.82 Å². The zero-order valence-corrected chi connectivity index (χ0v) is 16.7. The molecule has 0 fully saturated rings. The first kappa shape index (κ1) is 20.4. The van der Waals surface area contributed by atoms with Crippen molar-refractivity contribution < 1.29 is 4.39 Å². The van der Waals surface area contributed by atoms with E-state index in [0.717, 1.165) is 34.1 Å². The Balaban J connectivity index is 2.34. The number of hydrogen-bond acceptors (Lipinski definition) is 3. The lowest BCUT2D eigenvalue weighted by atomic mass is 9.98. The van der Waals surface area contributed by atoms with Crippen molar-refractivity contribution in [3.05, 3.63) is 65.1 Å². The Labute approximate surface area is 160 Å². The van der Waals surface area contributed by atoms with Crippen LogP contribution in [0, 0.1) is 5.82 Å². The Morgan fingerprint density at radius 1 is 1.19 bits per heavy atom. The van der Waals surface area contributed by atoms with Crippen molar-refractivity contribution in [3.63, 3.8) is 0 Å². The molecule has 1 aliphatic rings. The van der Waals surface area contributed by atoms with Gasteiger partial charge in [0, 0.05) is 18.0 Å². The number of unbranched alkanes of at least 4 members (excludes halogenated alkanes) is 2. The molecule has 0 amide bonds. The maximum atomic E-state index is 13.4. The van der Waals surface area contributed by atoms with Crippen LogP contribution in [0.25, 0.3) is 5.70 Å². The monoisotopic (exact) mass is 370 g/mol. The number of nitrogens with zero attached hydrogens (tertiary/aromatic N) is 2. The highest BCUT2D eigenvalue weighted by molar-refractivity contribution is 8.13. The molecular weight excluding hydrogens is 343 g/mol. The zero-order chi connectivity index (χ0) is 18.8. The summed E-state index contributed by atoms with van der Waals surface area (Å²) in [4.78, 5) is 9.08. The highest BCUT2D eigenvalue weighted by Crippen LogP contribution is 2.28. The van der Waals surface area contributed by atoms with Crippen LogP contribution in [0.1, 0.15) is 52.0 Å². The first-order valence-corrected chi connectivity index (χ1v) is 10.1. The van der Waals surface area contributed by atoms with Gasteiger partial charge in [-0.1, -0.05) is 25.8 Å². The topological polar surface area (TPSA) is 24.7 Å². The van der Waals surface area contributed by atoms with Crippen LogP contribution in [0.2, 0.25) is 0 Å². The summed E-state index contributed by atoms with van der Waals surface area (Å²) < 4.78 is 13.4. The Morgan fingerprint density at radius 2 is 1.96 bits per heavy atom. The van der Waals surface area contributed by atoms with Crippen LogP contribution >= 0.6 is 11.8 Å². The van der Waals surface area contributed by atoms with E-state index in [1.54, 1.807) is 30.1 Å². The third-order valence-electron chi connectivity index (χ3n) is 4.17. The van der Waals surface area contributed by atoms with Crippen LogP contribution in [-0.2, 0) is 0 Å². The van der Waals surface area contributed by atoms with E-state index >= 15 is 0 Å². The van der Waals surface area contributed by atoms with E-state index in [1.165, 1.54) is 37.0 Å². The lowest BCUT2D eigenvalue weighted by Crippen LogP contribution is -1.96. The van der Waals surface area contributed by atoms with Crippen molar-refractivity contribution in [2.45, 2.75) is 46.5 Å². The fourth-order valence-corrected chi connectivity index (χ4v) is 3.46. The maximum Gasteiger partial charge on any atom is 0.123 e. The van der Waals surface area contributed by atoms with Gasteiger partial charge in [-0.15, -0.1) is 11.8 Å². The third kappa shape index (κ3) is 6.41. The number of allylic oxidation sites excluding steroid dienone is 4. The van der Waals surface area contributed by atoms with Crippen molar-refractivity contribution in [2.75, 3.05) is 5.75 Å². The van der Waals surface area contributed by atoms with Crippen LogP contribution in [0.4, 0.5) is 4.39 Å². The number of benzene rings is 1. The second-order valence-corrected chi connectivity index (χ2v) is 7.53. The largest absolute Gasteiger partial charge is 0.265 e. The Kier molecular flexibility index (Phi) is 8.56. The van der Waals surface area contributed by atoms with E-state index in [2.05, 4.69) is 25.8 Å². The van der Waals surface area contributed by atoms with Gasteiger partial charge >= 0.3 is 0 Å². The molecular formula is C22H27FN2S. The predicted octanol–water partition coefficient (Wildman–Crippen LogP) is 6.81. The summed E-state index contributed by atoms with van der Waals surface area (Å²) >= 11 is 1.79. The van der Waals surface area contributed by atoms with Gasteiger partial charge in [-0.3, -0.25) is 4.99 Å². The Bertz CT molecular complexity index is 740. The summed E-state index contributed by atoms with van der Waals surface area (Å²) in [6.07, 6.45) is 12.2. The van der Waals surface area contributed by atoms with E-state index < -0.39 is 0 Å². The third-order valence-corrected chi connectivity index (χ3v) is 5.18. The molecule has 1 aromatic rings. The second-order valence-electron chi connectivity index (χ2n) is 6.25. The van der Waals surface area contributed by atoms with Gasteiger partial charge in [0.1, 0.15) is 5.82 Å². The van der Waals surface area contributed by atoms with E-state index in [9.17, 15) is 4.39 Å². The van der Waals surface area contributed by atoms with Gasteiger partial charge < -0.3 is 0 Å². The van der Waals surface area contributed by atoms with Crippen molar-refractivity contribution in [1.29, 1.82) is 0 Å². The summed E-state index contributed by atoms with van der Waals surface area (Å²) in [6.45, 7) is 6.34. The molecule has 2 rings (SSSR count). The summed E-state index contributed by atoms with van der Waals surface area (Å²) in [5.41, 5.74) is 4.11. The molecule has 0 bridgehead atoms. The van der Waals surface area contributed by atoms with Crippen LogP contribution in [0.15, 0.2) is 63.7 Å². The zero-order valence-electron chi connectivity index (χ0n) is 15.8. The van der Waals surface area contributed by atoms with E-state index in [1.807, 2.05) is 18.4 Å². The average molecular weight is 371 g/mol. The quantitative estimate of drug-likeness (QED) is 0.294. The number of hydrogen-bond donors (Lipinski definition) is 0. The molecule has 4 heteroatoms. The van der Waals surface area contributed by atoms with Gasteiger partial charge in [-0.25, -0.2) is 9.38 Å². The molecule has 0 atom stereocenters. The molecule has 1 aliphatic heterocycles. The van der Waals surface area contributed by atoms with Gasteiger partial charge in [0.05, 0.1) is 10.7 Å². The molecule has 0 spiro atoms. The lowest BCUT2D eigenvalue weighted by Gasteiger charge is -2.12. The molecule has 138 valence electrons. The first-order valence-electron chi connectivity index (χ1n) is 9.14. The van der Waals surface area contributed by atoms with Crippen LogP contribution in [-0.4, -0.2) is 17.0 Å². The van der Waals surface area contributed by atoms with Gasteiger partial charge in [0.2, 0.25) is 0 Å². The molecule has 0 unspecified atom stereocenters. The standard InChI is InChI=1S/C22H27FN2S/c1-4-5-6-16-26-18(3)25-22(20-9-11-21(23)12-10-20)17(2)19-8-7-14-24-15-13-19/h7,9-15H,4-6,8,16H2,1-3H3/b22-17+,25-18?. The second kappa shape index (κ2) is 10.9. The molecule has 26 heavy (non-hydrogen) atoms. The molecule has 2 nitrogen and oxygen atoms in total. The van der Waals surface area contributed by atoms with E-state index in [0.29, 0.717) is 0 Å². The average Bonchev–Trinajstić information content (AvgIpc) is 2.93. The fourth-order valence-electron chi connectivity index (χ4n) is 2.66. The fraction of sp³-hybridized carbons (Fsp3) is 0.364. The van der Waals surface area contributed by atoms with Gasteiger partial charge in [-0.05, 0) is 73.9 Å². The number of thioether (sulfide) groups is 1. The lowest BCUT2D eigenvalue weighted by molar-refractivity contribution is 0.627. The molecule has 0 saturated heterocycles. The van der Waals surface area contributed by atoms with Crippen LogP contribution in [0.3, 0.4) is 0 Å². The summed E-state index contributed by atoms with van der Waals surface area (Å²) in [5.74, 6) is 0.848. The molecule has 0 radical (unpaired) electrons. The van der Waals surface area contributed by atoms with Gasteiger partial charge in [0.25, 0.3) is 0 Å². The molecule has 1 heterocycles. The maximum absolute atomic E-state index is 13.4. The molecule has 0 aromatic heterocycles. The molecule has 0 N–H and O–H groups in total. The summed E-state index contributed by atoms with van der Waals surface area (Å²) in [6, 6.07) is 6.58. The van der Waals surface area contributed by atoms with Gasteiger partial charge in [0.15, 0.2) is 0 Å². The van der Waals surface area contributed by atoms with Crippen molar-refractivity contribution in [3.8, 4) is 0 Å². The number of aliphatic imine (C=N–C) groups is 2. The van der Waals surface area contributed by atoms with E-state index in [4.69, 9.17) is 4.99 Å². The Hall–Kier alpha value is -1.94. The molecule has 0 saturated carbocycles. The van der Waals surface area contributed by atoms with Crippen molar-refractivity contribution in [2.24, 2.45) is 9.98 Å². The van der Waals surface area contributed by atoms with Crippen LogP contribution < -0.4 is 0 Å². The predicted molar refractivity (Wildman–Crippen MR) is 114 cm³/mol. The highest BCUT2D eigenvalue weighted by Gasteiger charge is 2.10. The Morgan fingerprint density at radius 3 is 2.69 bits per heavy atom. The summed E-state index contributed by atoms with van der Waals surface area (Å²) in [5, 5.41) is 1.04. The number of rotatable bonds is 7. The smallest absolute Gasteiger partial charge is 0.123 e. The SMILES string of the molecule is CCCCCSC(C)=N/C(=C(\C)C1=CC=NC=CC1)c1ccc(F)cc1.